The van der Waals surface area contributed by atoms with Gasteiger partial charge >= 0.3 is 0 Å². The molecule has 29 atom stereocenters. The Morgan fingerprint density at radius 3 is 1.68 bits per heavy atom. The Morgan fingerprint density at radius 2 is 1.11 bits per heavy atom. The van der Waals surface area contributed by atoms with Crippen molar-refractivity contribution in [2.45, 2.75) is 235 Å². The molecular formula is C53H86O23. The lowest BCUT2D eigenvalue weighted by Crippen LogP contribution is -2.69. The van der Waals surface area contributed by atoms with Gasteiger partial charge < -0.3 is 114 Å². The first-order valence-electron chi connectivity index (χ1n) is 27.3. The second kappa shape index (κ2) is 21.4. The van der Waals surface area contributed by atoms with Crippen LogP contribution < -0.4 is 0 Å². The maximum absolute atomic E-state index is 13.1. The standard InChI is InChI=1S/C53H86O23/c1-48(2)14-23-22-8-9-29-50(5)12-11-32(49(3,4)28(50)10-13-51(29,6)52(22,7)16-31(59)53(23,21-57)30(58)15-48)74-47-43(35(62)27(20-69-47)73-44-39(66)36(63)33(60)24(17-54)70-44)76-46-41(68)38(65)42(26(19-56)72-46)75-45-40(67)37(64)34(61)25(18-55)71-45/h8,21,23-47,54-56,58-68H,9-20H2,1-7H3. The Morgan fingerprint density at radius 1 is 0.566 bits per heavy atom. The number of carbonyl (C=O) groups excluding carboxylic acids is 1. The number of carbonyl (C=O) groups is 1. The molecule has 0 spiro atoms. The summed E-state index contributed by atoms with van der Waals surface area (Å²) in [5.74, 6) is -0.0967. The van der Waals surface area contributed by atoms with E-state index >= 15 is 0 Å². The van der Waals surface area contributed by atoms with Crippen LogP contribution in [0.4, 0.5) is 0 Å². The fraction of sp³-hybridized carbons (Fsp3) is 0.943. The largest absolute Gasteiger partial charge is 0.394 e. The van der Waals surface area contributed by atoms with Gasteiger partial charge in [0.15, 0.2) is 25.2 Å². The van der Waals surface area contributed by atoms with Crippen LogP contribution >= 0.6 is 0 Å². The van der Waals surface area contributed by atoms with Gasteiger partial charge in [0.25, 0.3) is 0 Å². The highest BCUT2D eigenvalue weighted by Gasteiger charge is 2.72. The molecule has 0 radical (unpaired) electrons. The predicted molar refractivity (Wildman–Crippen MR) is 258 cm³/mol. The van der Waals surface area contributed by atoms with Crippen LogP contribution in [-0.4, -0.2) is 239 Å². The summed E-state index contributed by atoms with van der Waals surface area (Å²) in [7, 11) is 0. The van der Waals surface area contributed by atoms with Crippen molar-refractivity contribution in [2.24, 2.45) is 50.2 Å². The second-order valence-electron chi connectivity index (χ2n) is 25.9. The molecule has 0 amide bonds. The van der Waals surface area contributed by atoms with Crippen LogP contribution in [0, 0.1) is 50.2 Å². The van der Waals surface area contributed by atoms with Gasteiger partial charge in [0.2, 0.25) is 0 Å². The van der Waals surface area contributed by atoms with Crippen molar-refractivity contribution in [2.75, 3.05) is 26.4 Å². The topological polar surface area (TPSA) is 374 Å². The minimum atomic E-state index is -2.03. The van der Waals surface area contributed by atoms with Crippen LogP contribution in [0.15, 0.2) is 11.6 Å². The average Bonchev–Trinajstić information content (AvgIpc) is 3.36. The van der Waals surface area contributed by atoms with Gasteiger partial charge in [-0.3, -0.25) is 0 Å². The molecule has 8 fully saturated rings. The maximum Gasteiger partial charge on any atom is 0.187 e. The van der Waals surface area contributed by atoms with E-state index in [2.05, 4.69) is 54.5 Å². The van der Waals surface area contributed by atoms with Crippen LogP contribution in [-0.2, 0) is 42.7 Å². The molecule has 0 aromatic rings. The number of allylic oxidation sites excluding steroid dienone is 2. The quantitative estimate of drug-likeness (QED) is 0.0534. The number of rotatable bonds is 12. The Hall–Kier alpha value is -1.47. The minimum Gasteiger partial charge on any atom is -0.394 e. The Balaban J connectivity index is 0.967. The zero-order valence-electron chi connectivity index (χ0n) is 44.5. The van der Waals surface area contributed by atoms with Crippen molar-refractivity contribution in [3.8, 4) is 0 Å². The van der Waals surface area contributed by atoms with E-state index in [-0.39, 0.29) is 34.0 Å². The van der Waals surface area contributed by atoms with Crippen molar-refractivity contribution >= 4 is 6.29 Å². The Labute approximate surface area is 442 Å². The highest BCUT2D eigenvalue weighted by Crippen LogP contribution is 2.75. The van der Waals surface area contributed by atoms with E-state index in [0.29, 0.717) is 32.1 Å². The molecule has 23 heteroatoms. The van der Waals surface area contributed by atoms with Crippen LogP contribution in [0.3, 0.4) is 0 Å². The summed E-state index contributed by atoms with van der Waals surface area (Å²) >= 11 is 0. The van der Waals surface area contributed by atoms with E-state index in [1.54, 1.807) is 0 Å². The molecule has 4 heterocycles. The first-order valence-corrected chi connectivity index (χ1v) is 27.3. The van der Waals surface area contributed by atoms with E-state index in [1.165, 1.54) is 5.57 Å². The third-order valence-corrected chi connectivity index (χ3v) is 21.0. The third-order valence-electron chi connectivity index (χ3n) is 21.0. The number of fused-ring (bicyclic) bond motifs is 7. The number of ether oxygens (including phenoxy) is 8. The molecule has 23 nitrogen and oxygen atoms in total. The van der Waals surface area contributed by atoms with Gasteiger partial charge in [0.1, 0.15) is 97.8 Å². The highest BCUT2D eigenvalue weighted by molar-refractivity contribution is 5.66. The van der Waals surface area contributed by atoms with Gasteiger partial charge in [-0.1, -0.05) is 60.1 Å². The number of hydrogen-bond acceptors (Lipinski definition) is 23. The summed E-state index contributed by atoms with van der Waals surface area (Å²) in [6.07, 6.45) is -26.9. The first-order chi connectivity index (χ1) is 35.6. The molecule has 9 aliphatic rings. The number of aliphatic hydroxyl groups is 14. The van der Waals surface area contributed by atoms with Gasteiger partial charge in [-0.2, -0.15) is 0 Å². The van der Waals surface area contributed by atoms with Crippen molar-refractivity contribution in [3.63, 3.8) is 0 Å². The Kier molecular flexibility index (Phi) is 16.6. The van der Waals surface area contributed by atoms with Crippen molar-refractivity contribution < 1.29 is 114 Å². The maximum atomic E-state index is 13.1. The van der Waals surface area contributed by atoms with Gasteiger partial charge in [-0.05, 0) is 96.2 Å². The molecule has 76 heavy (non-hydrogen) atoms. The summed E-state index contributed by atoms with van der Waals surface area (Å²) in [5, 5.41) is 152. The molecular weight excluding hydrogens is 1000 g/mol. The van der Waals surface area contributed by atoms with E-state index in [1.807, 2.05) is 0 Å². The fourth-order valence-electron chi connectivity index (χ4n) is 16.5. The molecule has 4 saturated heterocycles. The number of aliphatic hydroxyl groups excluding tert-OH is 14. The molecule has 0 aromatic heterocycles. The molecule has 4 saturated carbocycles. The van der Waals surface area contributed by atoms with Crippen molar-refractivity contribution in [1.82, 2.24) is 0 Å². The van der Waals surface area contributed by atoms with Crippen LogP contribution in [0.2, 0.25) is 0 Å². The molecule has 4 aliphatic heterocycles. The predicted octanol–water partition coefficient (Wildman–Crippen LogP) is -2.77. The van der Waals surface area contributed by atoms with Gasteiger partial charge in [0, 0.05) is 0 Å². The minimum absolute atomic E-state index is 0.0631. The third kappa shape index (κ3) is 9.32. The summed E-state index contributed by atoms with van der Waals surface area (Å²) in [6.45, 7) is 12.6. The van der Waals surface area contributed by atoms with Crippen LogP contribution in [0.5, 0.6) is 0 Å². The first kappa shape index (κ1) is 59.2. The van der Waals surface area contributed by atoms with Crippen molar-refractivity contribution in [1.29, 1.82) is 0 Å². The highest BCUT2D eigenvalue weighted by atomic mass is 16.8. The van der Waals surface area contributed by atoms with E-state index in [9.17, 15) is 76.3 Å². The average molecular weight is 1090 g/mol. The van der Waals surface area contributed by atoms with E-state index in [4.69, 9.17) is 37.9 Å². The fourth-order valence-corrected chi connectivity index (χ4v) is 16.5. The van der Waals surface area contributed by atoms with Gasteiger partial charge in [-0.25, -0.2) is 0 Å². The van der Waals surface area contributed by atoms with Crippen molar-refractivity contribution in [3.05, 3.63) is 11.6 Å². The zero-order valence-corrected chi connectivity index (χ0v) is 44.5. The lowest BCUT2D eigenvalue weighted by molar-refractivity contribution is -0.392. The summed E-state index contributed by atoms with van der Waals surface area (Å²) in [6, 6.07) is 0. The molecule has 29 unspecified atom stereocenters. The monoisotopic (exact) mass is 1090 g/mol. The van der Waals surface area contributed by atoms with Crippen LogP contribution in [0.1, 0.15) is 99.8 Å². The molecule has 5 aliphatic carbocycles. The summed E-state index contributed by atoms with van der Waals surface area (Å²) in [5.41, 5.74) is -1.96. The number of hydrogen-bond donors (Lipinski definition) is 14. The lowest BCUT2D eigenvalue weighted by Gasteiger charge is -2.72. The summed E-state index contributed by atoms with van der Waals surface area (Å²) in [4.78, 5) is 13.1. The van der Waals surface area contributed by atoms with Crippen LogP contribution in [0.25, 0.3) is 0 Å². The van der Waals surface area contributed by atoms with E-state index < -0.39 is 178 Å². The SMILES string of the molecule is CC1(C)CC(O)C2(C=O)C(O)CC3(C)C(=CCC4C5(C)CCC(OC6OCC(OC7OC(CO)C(O)C(O)C7O)C(O)C6OC6OC(CO)C(OC7OC(CO)C(O)C(O)C7O)C(O)C6O)C(C)(C)C5CCC43C)C2C1. The molecule has 9 rings (SSSR count). The van der Waals surface area contributed by atoms with E-state index in [0.717, 1.165) is 25.5 Å². The number of aldehydes is 1. The van der Waals surface area contributed by atoms with Gasteiger partial charge in [0.05, 0.1) is 50.2 Å². The molecule has 0 aromatic carbocycles. The Bertz CT molecular complexity index is 2080. The lowest BCUT2D eigenvalue weighted by atomic mass is 9.33. The molecule has 436 valence electrons. The smallest absolute Gasteiger partial charge is 0.187 e. The second-order valence-corrected chi connectivity index (χ2v) is 25.9. The normalized spacial score (nSPS) is 55.0. The van der Waals surface area contributed by atoms with Gasteiger partial charge in [-0.15, -0.1) is 0 Å². The zero-order chi connectivity index (χ0) is 55.6. The summed E-state index contributed by atoms with van der Waals surface area (Å²) < 4.78 is 48.3. The molecule has 14 N–H and O–H groups in total. The molecule has 0 bridgehead atoms.